The van der Waals surface area contributed by atoms with Crippen LogP contribution in [0.5, 0.6) is 0 Å². The Balaban J connectivity index is 1.47. The first-order valence-electron chi connectivity index (χ1n) is 7.82. The first kappa shape index (κ1) is 14.2. The van der Waals surface area contributed by atoms with Crippen LogP contribution in [0.3, 0.4) is 0 Å². The maximum Gasteiger partial charge on any atom is 0.191 e. The second kappa shape index (κ2) is 6.35. The third kappa shape index (κ3) is 3.29. The number of rotatable bonds is 4. The molecule has 1 saturated heterocycles. The Morgan fingerprint density at radius 3 is 2.48 bits per heavy atom. The molecule has 21 heavy (non-hydrogen) atoms. The molecule has 2 heterocycles. The summed E-state index contributed by atoms with van der Waals surface area (Å²) in [5.74, 6) is 0.716. The minimum atomic E-state index is 0.716. The van der Waals surface area contributed by atoms with Gasteiger partial charge in [0.2, 0.25) is 0 Å². The molecular weight excluding hydrogens is 262 g/mol. The highest BCUT2D eigenvalue weighted by Gasteiger charge is 2.20. The van der Waals surface area contributed by atoms with Crippen LogP contribution in [0.25, 0.3) is 0 Å². The zero-order valence-electron chi connectivity index (χ0n) is 12.8. The molecule has 1 aromatic rings. The van der Waals surface area contributed by atoms with Gasteiger partial charge >= 0.3 is 0 Å². The summed E-state index contributed by atoms with van der Waals surface area (Å²) < 4.78 is 0. The van der Waals surface area contributed by atoms with Crippen molar-refractivity contribution in [3.05, 3.63) is 29.8 Å². The summed E-state index contributed by atoms with van der Waals surface area (Å²) in [6.07, 6.45) is 0. The average Bonchev–Trinajstić information content (AvgIpc) is 2.92. The summed E-state index contributed by atoms with van der Waals surface area (Å²) in [6.45, 7) is 10.6. The lowest BCUT2D eigenvalue weighted by molar-refractivity contribution is 0.237. The summed E-state index contributed by atoms with van der Waals surface area (Å²) in [6, 6.07) is 8.66. The normalized spacial score (nSPS) is 20.0. The van der Waals surface area contributed by atoms with Gasteiger partial charge in [-0.05, 0) is 18.6 Å². The third-order valence-electron chi connectivity index (χ3n) is 4.48. The maximum atomic E-state index is 5.86. The highest BCUT2D eigenvalue weighted by atomic mass is 15.3. The number of guanidine groups is 1. The minimum absolute atomic E-state index is 0.716. The van der Waals surface area contributed by atoms with Gasteiger partial charge in [-0.3, -0.25) is 9.89 Å². The van der Waals surface area contributed by atoms with E-state index in [1.807, 2.05) is 0 Å². The molecule has 1 fully saturated rings. The van der Waals surface area contributed by atoms with Crippen molar-refractivity contribution in [2.45, 2.75) is 6.92 Å². The van der Waals surface area contributed by atoms with E-state index in [9.17, 15) is 0 Å². The molecule has 0 atom stereocenters. The largest absolute Gasteiger partial charge is 0.370 e. The number of nitrogens with zero attached hydrogens (tertiary/aromatic N) is 4. The number of piperazine rings is 1. The fourth-order valence-corrected chi connectivity index (χ4v) is 3.12. The van der Waals surface area contributed by atoms with E-state index in [-0.39, 0.29) is 0 Å². The Labute approximate surface area is 127 Å². The van der Waals surface area contributed by atoms with Gasteiger partial charge in [-0.15, -0.1) is 0 Å². The second-order valence-electron chi connectivity index (χ2n) is 5.84. The van der Waals surface area contributed by atoms with Crippen molar-refractivity contribution >= 4 is 11.6 Å². The Hall–Kier alpha value is -1.75. The van der Waals surface area contributed by atoms with Gasteiger partial charge in [0, 0.05) is 51.5 Å². The van der Waals surface area contributed by atoms with Crippen molar-refractivity contribution in [2.24, 2.45) is 10.7 Å². The topological polar surface area (TPSA) is 48.1 Å². The Morgan fingerprint density at radius 1 is 1.05 bits per heavy atom. The molecule has 3 rings (SSSR count). The molecule has 2 N–H and O–H groups in total. The maximum absolute atomic E-state index is 5.86. The Bertz CT molecular complexity index is 505. The van der Waals surface area contributed by atoms with Crippen molar-refractivity contribution < 1.29 is 0 Å². The molecule has 2 aliphatic rings. The van der Waals surface area contributed by atoms with Crippen LogP contribution >= 0.6 is 0 Å². The van der Waals surface area contributed by atoms with Gasteiger partial charge in [-0.25, -0.2) is 0 Å². The van der Waals surface area contributed by atoms with Gasteiger partial charge in [0.05, 0.1) is 6.54 Å². The lowest BCUT2D eigenvalue weighted by atomic mass is 10.1. The van der Waals surface area contributed by atoms with Crippen molar-refractivity contribution in [1.82, 2.24) is 9.80 Å². The number of aryl methyl sites for hydroxylation is 1. The van der Waals surface area contributed by atoms with Crippen LogP contribution in [-0.4, -0.2) is 68.1 Å². The molecule has 0 amide bonds. The van der Waals surface area contributed by atoms with Crippen LogP contribution in [0, 0.1) is 6.92 Å². The van der Waals surface area contributed by atoms with Crippen LogP contribution in [0.4, 0.5) is 5.69 Å². The zero-order chi connectivity index (χ0) is 14.7. The molecule has 5 nitrogen and oxygen atoms in total. The van der Waals surface area contributed by atoms with E-state index in [0.29, 0.717) is 5.96 Å². The minimum Gasteiger partial charge on any atom is -0.370 e. The first-order chi connectivity index (χ1) is 10.2. The number of aliphatic imine (C=N–C) groups is 1. The number of para-hydroxylation sites is 1. The lowest BCUT2D eigenvalue weighted by Crippen LogP contribution is -2.49. The van der Waals surface area contributed by atoms with Crippen LogP contribution in [0.1, 0.15) is 5.56 Å². The molecular formula is C16H25N5. The van der Waals surface area contributed by atoms with E-state index in [4.69, 9.17) is 5.73 Å². The van der Waals surface area contributed by atoms with E-state index in [2.05, 4.69) is 50.9 Å². The molecule has 0 aromatic heterocycles. The summed E-state index contributed by atoms with van der Waals surface area (Å²) in [7, 11) is 0. The van der Waals surface area contributed by atoms with E-state index >= 15 is 0 Å². The fourth-order valence-electron chi connectivity index (χ4n) is 3.12. The van der Waals surface area contributed by atoms with Gasteiger partial charge in [-0.1, -0.05) is 18.2 Å². The predicted octanol–water partition coefficient (Wildman–Crippen LogP) is 0.747. The van der Waals surface area contributed by atoms with Gasteiger partial charge in [0.1, 0.15) is 0 Å². The fraction of sp³-hybridized carbons (Fsp3) is 0.562. The van der Waals surface area contributed by atoms with Crippen molar-refractivity contribution in [3.8, 4) is 0 Å². The van der Waals surface area contributed by atoms with Gasteiger partial charge in [0.25, 0.3) is 0 Å². The number of benzene rings is 1. The predicted molar refractivity (Wildman–Crippen MR) is 87.9 cm³/mol. The van der Waals surface area contributed by atoms with E-state index in [1.54, 1.807) is 0 Å². The molecule has 5 heteroatoms. The SMILES string of the molecule is Cc1ccccc1N1CCN(CCN2CCN=C2N)CC1. The van der Waals surface area contributed by atoms with Crippen molar-refractivity contribution in [2.75, 3.05) is 57.3 Å². The Kier molecular flexibility index (Phi) is 4.29. The third-order valence-corrected chi connectivity index (χ3v) is 4.48. The smallest absolute Gasteiger partial charge is 0.191 e. The molecule has 2 aliphatic heterocycles. The summed E-state index contributed by atoms with van der Waals surface area (Å²) in [5.41, 5.74) is 8.61. The van der Waals surface area contributed by atoms with Crippen LogP contribution in [0.2, 0.25) is 0 Å². The zero-order valence-corrected chi connectivity index (χ0v) is 12.8. The second-order valence-corrected chi connectivity index (χ2v) is 5.84. The molecule has 0 aliphatic carbocycles. The molecule has 1 aromatic carbocycles. The van der Waals surface area contributed by atoms with Crippen molar-refractivity contribution in [3.63, 3.8) is 0 Å². The standard InChI is InChI=1S/C16H25N5/c1-14-4-2-3-5-15(14)20-11-8-19(9-12-20)10-13-21-7-6-18-16(21)17/h2-5H,6-13H2,1H3,(H2,17,18). The van der Waals surface area contributed by atoms with E-state index in [0.717, 1.165) is 52.4 Å². The molecule has 0 radical (unpaired) electrons. The first-order valence-corrected chi connectivity index (χ1v) is 7.82. The molecule has 0 spiro atoms. The number of hydrogen-bond acceptors (Lipinski definition) is 5. The molecule has 0 saturated carbocycles. The van der Waals surface area contributed by atoms with E-state index in [1.165, 1.54) is 11.3 Å². The number of hydrogen-bond donors (Lipinski definition) is 1. The highest BCUT2D eigenvalue weighted by molar-refractivity contribution is 5.79. The van der Waals surface area contributed by atoms with Crippen LogP contribution in [0.15, 0.2) is 29.3 Å². The average molecular weight is 287 g/mol. The number of anilines is 1. The summed E-state index contributed by atoms with van der Waals surface area (Å²) >= 11 is 0. The summed E-state index contributed by atoms with van der Waals surface area (Å²) in [5, 5.41) is 0. The van der Waals surface area contributed by atoms with Crippen molar-refractivity contribution in [1.29, 1.82) is 0 Å². The molecule has 0 bridgehead atoms. The highest BCUT2D eigenvalue weighted by Crippen LogP contribution is 2.20. The Morgan fingerprint density at radius 2 is 1.81 bits per heavy atom. The van der Waals surface area contributed by atoms with Crippen LogP contribution in [-0.2, 0) is 0 Å². The summed E-state index contributed by atoms with van der Waals surface area (Å²) in [4.78, 5) is 11.5. The van der Waals surface area contributed by atoms with Crippen LogP contribution < -0.4 is 10.6 Å². The van der Waals surface area contributed by atoms with Gasteiger partial charge in [0.15, 0.2) is 5.96 Å². The van der Waals surface area contributed by atoms with Gasteiger partial charge < -0.3 is 15.5 Å². The molecule has 114 valence electrons. The monoisotopic (exact) mass is 287 g/mol. The van der Waals surface area contributed by atoms with E-state index < -0.39 is 0 Å². The number of nitrogens with two attached hydrogens (primary N) is 1. The lowest BCUT2D eigenvalue weighted by Gasteiger charge is -2.37. The molecule has 0 unspecified atom stereocenters. The quantitative estimate of drug-likeness (QED) is 0.888. The van der Waals surface area contributed by atoms with Gasteiger partial charge in [-0.2, -0.15) is 0 Å².